The Labute approximate surface area is 190 Å². The van der Waals surface area contributed by atoms with Gasteiger partial charge < -0.3 is 19.9 Å². The van der Waals surface area contributed by atoms with Crippen molar-refractivity contribution in [3.8, 4) is 29.9 Å². The highest BCUT2D eigenvalue weighted by Crippen LogP contribution is 2.25. The van der Waals surface area contributed by atoms with Gasteiger partial charge in [0.2, 0.25) is 5.82 Å². The highest BCUT2D eigenvalue weighted by Gasteiger charge is 2.24. The summed E-state index contributed by atoms with van der Waals surface area (Å²) in [6, 6.07) is 6.92. The Balaban J connectivity index is 1.33. The van der Waals surface area contributed by atoms with Crippen LogP contribution < -0.4 is 10.5 Å². The number of terminal acetylenes is 1. The summed E-state index contributed by atoms with van der Waals surface area (Å²) in [5.74, 6) is 10.1. The summed E-state index contributed by atoms with van der Waals surface area (Å²) in [5, 5.41) is 0.411. The van der Waals surface area contributed by atoms with E-state index in [1.54, 1.807) is 40.1 Å². The average Bonchev–Trinajstić information content (AvgIpc) is 3.19. The Morgan fingerprint density at radius 2 is 2.06 bits per heavy atom. The minimum atomic E-state index is -0.386. The van der Waals surface area contributed by atoms with Gasteiger partial charge in [-0.05, 0) is 36.8 Å². The molecule has 1 amide bonds. The molecule has 3 heterocycles. The van der Waals surface area contributed by atoms with Crippen LogP contribution in [0, 0.1) is 30.1 Å². The summed E-state index contributed by atoms with van der Waals surface area (Å²) in [7, 11) is 0. The van der Waals surface area contributed by atoms with E-state index in [9.17, 15) is 4.79 Å². The molecule has 1 aliphatic rings. The second-order valence-corrected chi connectivity index (χ2v) is 7.82. The average molecular weight is 449 g/mol. The van der Waals surface area contributed by atoms with Crippen LogP contribution in [0.2, 0.25) is 5.02 Å². The highest BCUT2D eigenvalue weighted by molar-refractivity contribution is 6.32. The quantitative estimate of drug-likeness (QED) is 0.617. The Morgan fingerprint density at radius 3 is 2.81 bits per heavy atom. The number of nitrogen functional groups attached to an aromatic ring is 1. The van der Waals surface area contributed by atoms with E-state index in [0.717, 1.165) is 12.8 Å². The van der Waals surface area contributed by atoms with Crippen LogP contribution in [0.15, 0.2) is 30.6 Å². The predicted octanol–water partition coefficient (Wildman–Crippen LogP) is 3.35. The number of amides is 1. The van der Waals surface area contributed by atoms with E-state index in [4.69, 9.17) is 28.5 Å². The molecule has 1 fully saturated rings. The van der Waals surface area contributed by atoms with Crippen LogP contribution in [-0.2, 0) is 6.54 Å². The normalized spacial score (nSPS) is 13.9. The number of hydrogen-bond acceptors (Lipinski definition) is 6. The number of carbonyl (C=O) groups excluding carboxylic acids is 1. The SMILES string of the molecule is C#CCn1cnc2c(N)nc(C#CCC3CCN(C(=O)Oc4ccccc4Cl)CC3)nc21. The van der Waals surface area contributed by atoms with Gasteiger partial charge in [-0.3, -0.25) is 0 Å². The lowest BCUT2D eigenvalue weighted by Gasteiger charge is -2.30. The van der Waals surface area contributed by atoms with E-state index in [-0.39, 0.29) is 11.9 Å². The molecule has 0 bridgehead atoms. The van der Waals surface area contributed by atoms with Crippen molar-refractivity contribution in [2.24, 2.45) is 5.92 Å². The number of rotatable bonds is 3. The lowest BCUT2D eigenvalue weighted by Crippen LogP contribution is -2.40. The molecule has 0 unspecified atom stereocenters. The molecular formula is C23H21ClN6O2. The van der Waals surface area contributed by atoms with Gasteiger partial charge in [-0.15, -0.1) is 6.42 Å². The number of carbonyl (C=O) groups is 1. The first kappa shape index (κ1) is 21.5. The number of hydrogen-bond donors (Lipinski definition) is 1. The Morgan fingerprint density at radius 1 is 1.28 bits per heavy atom. The maximum Gasteiger partial charge on any atom is 0.415 e. The first-order chi connectivity index (χ1) is 15.5. The van der Waals surface area contributed by atoms with Crippen LogP contribution >= 0.6 is 11.6 Å². The van der Waals surface area contributed by atoms with Crippen molar-refractivity contribution in [3.63, 3.8) is 0 Å². The summed E-state index contributed by atoms with van der Waals surface area (Å²) >= 11 is 6.06. The summed E-state index contributed by atoms with van der Waals surface area (Å²) in [5.41, 5.74) is 7.07. The maximum absolute atomic E-state index is 12.4. The van der Waals surface area contributed by atoms with Crippen molar-refractivity contribution >= 4 is 34.7 Å². The molecule has 0 saturated carbocycles. The van der Waals surface area contributed by atoms with E-state index in [2.05, 4.69) is 32.7 Å². The van der Waals surface area contributed by atoms with E-state index in [1.165, 1.54) is 0 Å². The molecule has 32 heavy (non-hydrogen) atoms. The number of nitrogens with two attached hydrogens (primary N) is 1. The molecule has 0 spiro atoms. The van der Waals surface area contributed by atoms with Gasteiger partial charge in [-0.2, -0.15) is 0 Å². The van der Waals surface area contributed by atoms with Gasteiger partial charge in [-0.1, -0.05) is 35.6 Å². The minimum Gasteiger partial charge on any atom is -0.409 e. The van der Waals surface area contributed by atoms with Crippen molar-refractivity contribution in [3.05, 3.63) is 41.4 Å². The number of halogens is 1. The standard InChI is InChI=1S/C23H21ClN6O2/c1-2-12-30-15-26-20-21(25)27-19(28-22(20)30)9-5-6-16-10-13-29(14-11-16)23(31)32-18-8-4-3-7-17(18)24/h1,3-4,7-8,15-16H,6,10-14H2,(H2,25,27,28). The predicted molar refractivity (Wildman–Crippen MR) is 122 cm³/mol. The molecule has 1 aromatic carbocycles. The van der Waals surface area contributed by atoms with Gasteiger partial charge in [0.1, 0.15) is 5.52 Å². The number of piperidine rings is 1. The molecule has 162 valence electrons. The van der Waals surface area contributed by atoms with E-state index >= 15 is 0 Å². The molecular weight excluding hydrogens is 428 g/mol. The van der Waals surface area contributed by atoms with Gasteiger partial charge in [0.25, 0.3) is 0 Å². The Kier molecular flexibility index (Phi) is 6.44. The fraction of sp³-hybridized carbons (Fsp3) is 0.304. The van der Waals surface area contributed by atoms with Gasteiger partial charge in [0, 0.05) is 19.5 Å². The molecule has 1 saturated heterocycles. The van der Waals surface area contributed by atoms with Crippen LogP contribution in [0.3, 0.4) is 0 Å². The molecule has 4 rings (SSSR count). The second-order valence-electron chi connectivity index (χ2n) is 7.42. The lowest BCUT2D eigenvalue weighted by molar-refractivity contribution is 0.131. The smallest absolute Gasteiger partial charge is 0.409 e. The van der Waals surface area contributed by atoms with E-state index in [1.807, 2.05) is 0 Å². The van der Waals surface area contributed by atoms with Crippen molar-refractivity contribution in [1.29, 1.82) is 0 Å². The number of anilines is 1. The number of aromatic nitrogens is 4. The third kappa shape index (κ3) is 4.77. The molecule has 0 atom stereocenters. The van der Waals surface area contributed by atoms with Gasteiger partial charge in [0.15, 0.2) is 17.2 Å². The molecule has 3 aromatic rings. The minimum absolute atomic E-state index is 0.278. The molecule has 1 aliphatic heterocycles. The Hall–Kier alpha value is -3.75. The van der Waals surface area contributed by atoms with Crippen LogP contribution in [0.5, 0.6) is 5.75 Å². The Bertz CT molecular complexity index is 1240. The van der Waals surface area contributed by atoms with Crippen LogP contribution in [0.1, 0.15) is 25.1 Å². The number of ether oxygens (including phenoxy) is 1. The fourth-order valence-electron chi connectivity index (χ4n) is 3.52. The zero-order valence-corrected chi connectivity index (χ0v) is 18.0. The summed E-state index contributed by atoms with van der Waals surface area (Å²) in [6.45, 7) is 1.56. The monoisotopic (exact) mass is 448 g/mol. The fourth-order valence-corrected chi connectivity index (χ4v) is 3.69. The zero-order chi connectivity index (χ0) is 22.5. The van der Waals surface area contributed by atoms with Crippen molar-refractivity contribution < 1.29 is 9.53 Å². The summed E-state index contributed by atoms with van der Waals surface area (Å²) in [4.78, 5) is 26.9. The highest BCUT2D eigenvalue weighted by atomic mass is 35.5. The molecule has 2 aromatic heterocycles. The van der Waals surface area contributed by atoms with Gasteiger partial charge in [-0.25, -0.2) is 19.7 Å². The number of nitrogens with zero attached hydrogens (tertiary/aromatic N) is 5. The third-order valence-electron chi connectivity index (χ3n) is 5.25. The number of imidazole rings is 1. The van der Waals surface area contributed by atoms with Crippen molar-refractivity contribution in [2.75, 3.05) is 18.8 Å². The maximum atomic E-state index is 12.4. The van der Waals surface area contributed by atoms with Crippen molar-refractivity contribution in [1.82, 2.24) is 24.4 Å². The topological polar surface area (TPSA) is 99.2 Å². The van der Waals surface area contributed by atoms with Crippen LogP contribution in [0.4, 0.5) is 10.6 Å². The first-order valence-electron chi connectivity index (χ1n) is 10.2. The lowest BCUT2D eigenvalue weighted by atomic mass is 9.94. The largest absolute Gasteiger partial charge is 0.415 e. The van der Waals surface area contributed by atoms with E-state index in [0.29, 0.717) is 59.7 Å². The van der Waals surface area contributed by atoms with Crippen molar-refractivity contribution in [2.45, 2.75) is 25.8 Å². The molecule has 0 radical (unpaired) electrons. The van der Waals surface area contributed by atoms with Gasteiger partial charge in [0.05, 0.1) is 17.9 Å². The molecule has 9 heteroatoms. The van der Waals surface area contributed by atoms with Gasteiger partial charge >= 0.3 is 6.09 Å². The number of para-hydroxylation sites is 1. The number of fused-ring (bicyclic) bond motifs is 1. The zero-order valence-electron chi connectivity index (χ0n) is 17.3. The molecule has 2 N–H and O–H groups in total. The van der Waals surface area contributed by atoms with E-state index < -0.39 is 0 Å². The second kappa shape index (κ2) is 9.59. The first-order valence-corrected chi connectivity index (χ1v) is 10.5. The number of likely N-dealkylation sites (tertiary alicyclic amines) is 1. The summed E-state index contributed by atoms with van der Waals surface area (Å²) in [6.07, 6.45) is 8.94. The van der Waals surface area contributed by atoms with Crippen LogP contribution in [0.25, 0.3) is 11.2 Å². The summed E-state index contributed by atoms with van der Waals surface area (Å²) < 4.78 is 7.14. The third-order valence-corrected chi connectivity index (χ3v) is 5.56. The molecule has 0 aliphatic carbocycles. The molecule has 8 nitrogen and oxygen atoms in total. The number of benzene rings is 1. The van der Waals surface area contributed by atoms with Crippen LogP contribution in [-0.4, -0.2) is 43.6 Å².